The molecule has 1 aromatic carbocycles. The number of hydrogen-bond acceptors (Lipinski definition) is 1. The number of nitrogens with zero attached hydrogens (tertiary/aromatic N) is 1. The number of nitrogens with one attached hydrogen (secondary N) is 2. The Labute approximate surface area is 142 Å². The number of hydrogen-bond donors (Lipinski definition) is 2. The second-order valence-corrected chi connectivity index (χ2v) is 5.13. The minimum atomic E-state index is -0.509. The molecule has 2 N–H and O–H groups in total. The Bertz CT molecular complexity index is 444. The van der Waals surface area contributed by atoms with E-state index in [0.29, 0.717) is 18.4 Å². The summed E-state index contributed by atoms with van der Waals surface area (Å²) >= 11 is 0. The summed E-state index contributed by atoms with van der Waals surface area (Å²) in [5.41, 5.74) is 0.104. The van der Waals surface area contributed by atoms with Gasteiger partial charge < -0.3 is 10.6 Å². The van der Waals surface area contributed by atoms with E-state index in [0.717, 1.165) is 0 Å². The topological polar surface area (TPSA) is 36.4 Å². The van der Waals surface area contributed by atoms with Gasteiger partial charge in [-0.1, -0.05) is 19.9 Å². The molecule has 3 nitrogen and oxygen atoms in total. The van der Waals surface area contributed by atoms with E-state index in [-0.39, 0.29) is 42.0 Å². The van der Waals surface area contributed by atoms with Gasteiger partial charge in [-0.25, -0.2) is 8.78 Å². The predicted molar refractivity (Wildman–Crippen MR) is 94.3 cm³/mol. The summed E-state index contributed by atoms with van der Waals surface area (Å²) in [7, 11) is 1.67. The maximum atomic E-state index is 13.5. The molecule has 0 fully saturated rings. The summed E-state index contributed by atoms with van der Waals surface area (Å²) < 4.78 is 26.9. The normalized spacial score (nSPS) is 12.8. The molecular formula is C15H24F2IN3. The fourth-order valence-corrected chi connectivity index (χ4v) is 1.65. The summed E-state index contributed by atoms with van der Waals surface area (Å²) in [5, 5.41) is 6.30. The monoisotopic (exact) mass is 411 g/mol. The first-order valence-electron chi connectivity index (χ1n) is 6.85. The molecule has 0 radical (unpaired) electrons. The van der Waals surface area contributed by atoms with Gasteiger partial charge in [-0.3, -0.25) is 4.99 Å². The molecule has 0 aliphatic heterocycles. The van der Waals surface area contributed by atoms with E-state index in [1.807, 2.05) is 0 Å². The Morgan fingerprint density at radius 3 is 2.24 bits per heavy atom. The van der Waals surface area contributed by atoms with E-state index >= 15 is 0 Å². The number of benzene rings is 1. The fraction of sp³-hybridized carbons (Fsp3) is 0.533. The minimum absolute atomic E-state index is 0. The molecule has 6 heteroatoms. The van der Waals surface area contributed by atoms with Crippen molar-refractivity contribution in [3.05, 3.63) is 35.4 Å². The van der Waals surface area contributed by atoms with Crippen molar-refractivity contribution in [3.8, 4) is 0 Å². The summed E-state index contributed by atoms with van der Waals surface area (Å²) in [6, 6.07) is 4.18. The van der Waals surface area contributed by atoms with Gasteiger partial charge in [0.2, 0.25) is 0 Å². The number of halogens is 3. The van der Waals surface area contributed by atoms with Crippen LogP contribution in [0.4, 0.5) is 8.78 Å². The van der Waals surface area contributed by atoms with E-state index in [4.69, 9.17) is 0 Å². The highest BCUT2D eigenvalue weighted by Gasteiger charge is 2.10. The van der Waals surface area contributed by atoms with Gasteiger partial charge in [-0.2, -0.15) is 0 Å². The van der Waals surface area contributed by atoms with Crippen LogP contribution in [0.3, 0.4) is 0 Å². The van der Waals surface area contributed by atoms with Gasteiger partial charge in [0.1, 0.15) is 11.6 Å². The van der Waals surface area contributed by atoms with E-state index in [1.54, 1.807) is 7.05 Å². The molecule has 0 amide bonds. The van der Waals surface area contributed by atoms with Gasteiger partial charge in [0.05, 0.1) is 0 Å². The smallest absolute Gasteiger partial charge is 0.191 e. The molecule has 0 aromatic heterocycles. The average Bonchev–Trinajstić information content (AvgIpc) is 2.40. The first kappa shape index (κ1) is 20.1. The van der Waals surface area contributed by atoms with Crippen LogP contribution >= 0.6 is 24.0 Å². The molecule has 0 heterocycles. The molecule has 1 rings (SSSR count). The van der Waals surface area contributed by atoms with Crippen LogP contribution in [-0.2, 0) is 6.42 Å². The summed E-state index contributed by atoms with van der Waals surface area (Å²) in [6.45, 7) is 6.70. The van der Waals surface area contributed by atoms with Crippen LogP contribution in [0.2, 0.25) is 0 Å². The van der Waals surface area contributed by atoms with Crippen LogP contribution in [0.5, 0.6) is 0 Å². The van der Waals surface area contributed by atoms with Gasteiger partial charge >= 0.3 is 0 Å². The largest absolute Gasteiger partial charge is 0.356 e. The van der Waals surface area contributed by atoms with Crippen LogP contribution in [-0.4, -0.2) is 25.6 Å². The third-order valence-electron chi connectivity index (χ3n) is 3.32. The Hall–Kier alpha value is -0.920. The van der Waals surface area contributed by atoms with Crippen LogP contribution in [0.1, 0.15) is 26.3 Å². The molecule has 0 saturated heterocycles. The van der Waals surface area contributed by atoms with Crippen LogP contribution in [0.15, 0.2) is 23.2 Å². The Morgan fingerprint density at radius 2 is 1.76 bits per heavy atom. The lowest BCUT2D eigenvalue weighted by Crippen LogP contribution is -2.44. The number of rotatable bonds is 5. The summed E-state index contributed by atoms with van der Waals surface area (Å²) in [4.78, 5) is 4.09. The van der Waals surface area contributed by atoms with Gasteiger partial charge in [0, 0.05) is 25.2 Å². The predicted octanol–water partition coefficient (Wildman–Crippen LogP) is 3.33. The van der Waals surface area contributed by atoms with Crippen molar-refractivity contribution in [3.63, 3.8) is 0 Å². The molecule has 0 aliphatic carbocycles. The van der Waals surface area contributed by atoms with Crippen LogP contribution in [0.25, 0.3) is 0 Å². The lowest BCUT2D eigenvalue weighted by molar-refractivity contribution is 0.480. The zero-order valence-corrected chi connectivity index (χ0v) is 15.2. The Kier molecular flexibility index (Phi) is 9.48. The molecule has 120 valence electrons. The van der Waals surface area contributed by atoms with Gasteiger partial charge in [0.15, 0.2) is 5.96 Å². The van der Waals surface area contributed by atoms with E-state index in [9.17, 15) is 8.78 Å². The molecule has 0 bridgehead atoms. The lowest BCUT2D eigenvalue weighted by atomic mass is 10.1. The number of aliphatic imine (C=N–C) groups is 1. The molecule has 1 aromatic rings. The maximum absolute atomic E-state index is 13.5. The first-order chi connectivity index (χ1) is 9.45. The lowest BCUT2D eigenvalue weighted by Gasteiger charge is -2.20. The summed E-state index contributed by atoms with van der Waals surface area (Å²) in [5.74, 6) is 0.0936. The SMILES string of the molecule is CN=C(NCCc1c(F)cccc1F)NC(C)C(C)C.I. The van der Waals surface area contributed by atoms with Crippen molar-refractivity contribution in [2.24, 2.45) is 10.9 Å². The van der Waals surface area contributed by atoms with E-state index in [2.05, 4.69) is 36.4 Å². The first-order valence-corrected chi connectivity index (χ1v) is 6.85. The van der Waals surface area contributed by atoms with Crippen molar-refractivity contribution in [2.45, 2.75) is 33.2 Å². The molecule has 0 spiro atoms. The zero-order valence-electron chi connectivity index (χ0n) is 12.9. The van der Waals surface area contributed by atoms with Crippen molar-refractivity contribution in [1.29, 1.82) is 0 Å². The van der Waals surface area contributed by atoms with Crippen LogP contribution in [0, 0.1) is 17.6 Å². The summed E-state index contributed by atoms with van der Waals surface area (Å²) in [6.07, 6.45) is 0.273. The molecular weight excluding hydrogens is 387 g/mol. The van der Waals surface area contributed by atoms with Crippen molar-refractivity contribution in [1.82, 2.24) is 10.6 Å². The van der Waals surface area contributed by atoms with Crippen molar-refractivity contribution >= 4 is 29.9 Å². The minimum Gasteiger partial charge on any atom is -0.356 e. The zero-order chi connectivity index (χ0) is 15.1. The third-order valence-corrected chi connectivity index (χ3v) is 3.32. The molecule has 21 heavy (non-hydrogen) atoms. The quantitative estimate of drug-likeness (QED) is 0.443. The maximum Gasteiger partial charge on any atom is 0.191 e. The highest BCUT2D eigenvalue weighted by Crippen LogP contribution is 2.11. The second kappa shape index (κ2) is 9.92. The third kappa shape index (κ3) is 6.58. The van der Waals surface area contributed by atoms with Gasteiger partial charge in [0.25, 0.3) is 0 Å². The van der Waals surface area contributed by atoms with E-state index in [1.165, 1.54) is 18.2 Å². The second-order valence-electron chi connectivity index (χ2n) is 5.13. The standard InChI is InChI=1S/C15H23F2N3.HI/c1-10(2)11(3)20-15(18-4)19-9-8-12-13(16)6-5-7-14(12)17;/h5-7,10-11H,8-9H2,1-4H3,(H2,18,19,20);1H. The van der Waals surface area contributed by atoms with Gasteiger partial charge in [-0.15, -0.1) is 24.0 Å². The Balaban J connectivity index is 0.00000400. The van der Waals surface area contributed by atoms with E-state index < -0.39 is 11.6 Å². The molecule has 0 aliphatic rings. The Morgan fingerprint density at radius 1 is 1.19 bits per heavy atom. The molecule has 0 saturated carbocycles. The average molecular weight is 411 g/mol. The van der Waals surface area contributed by atoms with Crippen molar-refractivity contribution < 1.29 is 8.78 Å². The molecule has 1 atom stereocenters. The van der Waals surface area contributed by atoms with Crippen LogP contribution < -0.4 is 10.6 Å². The highest BCUT2D eigenvalue weighted by molar-refractivity contribution is 14.0. The van der Waals surface area contributed by atoms with Crippen molar-refractivity contribution in [2.75, 3.05) is 13.6 Å². The van der Waals surface area contributed by atoms with Gasteiger partial charge in [-0.05, 0) is 31.4 Å². The number of guanidine groups is 1. The fourth-order valence-electron chi connectivity index (χ4n) is 1.65. The highest BCUT2D eigenvalue weighted by atomic mass is 127. The molecule has 1 unspecified atom stereocenters.